The number of H-pyrrole nitrogens is 1. The van der Waals surface area contributed by atoms with Crippen LogP contribution in [0.5, 0.6) is 0 Å². The number of hydrogen-bond donors (Lipinski definition) is 4. The van der Waals surface area contributed by atoms with E-state index in [1.165, 1.54) is 6.08 Å². The smallest absolute Gasteiger partial charge is 0.319 e. The normalized spacial score (nSPS) is 18.5. The monoisotopic (exact) mass is 315 g/mol. The lowest BCUT2D eigenvalue weighted by molar-refractivity contribution is 0.250. The molecule has 0 saturated heterocycles. The molecular weight excluding hydrogens is 297 g/mol. The van der Waals surface area contributed by atoms with Crippen LogP contribution < -0.4 is 16.4 Å². The van der Waals surface area contributed by atoms with Gasteiger partial charge >= 0.3 is 6.03 Å². The Morgan fingerprint density at radius 3 is 3.13 bits per heavy atom. The first kappa shape index (κ1) is 15.1. The molecule has 1 aromatic carbocycles. The number of hydrogen-bond acceptors (Lipinski definition) is 3. The van der Waals surface area contributed by atoms with Crippen LogP contribution in [0.1, 0.15) is 13.3 Å². The summed E-state index contributed by atoms with van der Waals surface area (Å²) in [5.41, 5.74) is 7.91. The van der Waals surface area contributed by atoms with Crippen molar-refractivity contribution in [2.75, 3.05) is 11.1 Å². The van der Waals surface area contributed by atoms with Crippen LogP contribution in [-0.4, -0.2) is 28.4 Å². The van der Waals surface area contributed by atoms with Gasteiger partial charge in [0.05, 0.1) is 11.6 Å². The van der Waals surface area contributed by atoms with Gasteiger partial charge in [0.2, 0.25) is 0 Å². The molecule has 1 heterocycles. The fourth-order valence-electron chi connectivity index (χ4n) is 2.51. The molecule has 0 saturated carbocycles. The zero-order valence-electron chi connectivity index (χ0n) is 12.6. The van der Waals surface area contributed by atoms with Crippen LogP contribution >= 0.6 is 0 Å². The average Bonchev–Trinajstić information content (AvgIpc) is 2.88. The lowest BCUT2D eigenvalue weighted by Crippen LogP contribution is -2.37. The van der Waals surface area contributed by atoms with Crippen LogP contribution in [0.25, 0.3) is 10.9 Å². The maximum atomic E-state index is 13.4. The summed E-state index contributed by atoms with van der Waals surface area (Å²) < 4.78 is 13.4. The highest BCUT2D eigenvalue weighted by atomic mass is 19.1. The molecule has 7 heteroatoms. The molecule has 1 aliphatic rings. The van der Waals surface area contributed by atoms with Crippen molar-refractivity contribution in [2.24, 2.45) is 0 Å². The summed E-state index contributed by atoms with van der Waals surface area (Å²) in [6, 6.07) is 4.64. The van der Waals surface area contributed by atoms with Gasteiger partial charge in [0.25, 0.3) is 0 Å². The third-order valence-electron chi connectivity index (χ3n) is 3.74. The van der Waals surface area contributed by atoms with E-state index >= 15 is 0 Å². The van der Waals surface area contributed by atoms with Gasteiger partial charge in [-0.05, 0) is 36.8 Å². The third-order valence-corrected chi connectivity index (χ3v) is 3.74. The zero-order chi connectivity index (χ0) is 16.4. The summed E-state index contributed by atoms with van der Waals surface area (Å²) in [5, 5.41) is 13.0. The minimum Gasteiger partial charge on any atom is -0.382 e. The van der Waals surface area contributed by atoms with E-state index in [1.54, 1.807) is 24.3 Å². The van der Waals surface area contributed by atoms with Crippen molar-refractivity contribution in [3.63, 3.8) is 0 Å². The van der Waals surface area contributed by atoms with E-state index in [2.05, 4.69) is 20.8 Å². The molecule has 0 radical (unpaired) electrons. The summed E-state index contributed by atoms with van der Waals surface area (Å²) in [7, 11) is 0. The molecule has 3 rings (SSSR count). The Bertz CT molecular complexity index is 795. The number of benzene rings is 1. The number of rotatable bonds is 3. The van der Waals surface area contributed by atoms with E-state index in [-0.39, 0.29) is 12.1 Å². The number of anilines is 2. The highest BCUT2D eigenvalue weighted by molar-refractivity contribution is 5.96. The maximum absolute atomic E-state index is 13.4. The molecule has 5 N–H and O–H groups in total. The fourth-order valence-corrected chi connectivity index (χ4v) is 2.51. The molecule has 0 fully saturated rings. The maximum Gasteiger partial charge on any atom is 0.319 e. The summed E-state index contributed by atoms with van der Waals surface area (Å²) in [4.78, 5) is 12.1. The Morgan fingerprint density at radius 1 is 1.52 bits per heavy atom. The molecule has 1 aliphatic carbocycles. The number of aromatic nitrogens is 2. The first-order valence-electron chi connectivity index (χ1n) is 7.36. The minimum absolute atomic E-state index is 0.285. The second-order valence-electron chi connectivity index (χ2n) is 5.51. The van der Waals surface area contributed by atoms with Crippen molar-refractivity contribution in [3.8, 4) is 0 Å². The molecule has 6 nitrogen and oxygen atoms in total. The summed E-state index contributed by atoms with van der Waals surface area (Å²) >= 11 is 0. The first-order chi connectivity index (χ1) is 11.0. The lowest BCUT2D eigenvalue weighted by atomic mass is 10.0. The minimum atomic E-state index is -0.992. The van der Waals surface area contributed by atoms with E-state index in [0.717, 1.165) is 16.5 Å². The highest BCUT2D eigenvalue weighted by Gasteiger charge is 2.15. The largest absolute Gasteiger partial charge is 0.382 e. The number of aromatic amines is 1. The van der Waals surface area contributed by atoms with E-state index in [4.69, 9.17) is 5.73 Å². The predicted molar refractivity (Wildman–Crippen MR) is 88.9 cm³/mol. The zero-order valence-corrected chi connectivity index (χ0v) is 12.6. The van der Waals surface area contributed by atoms with Crippen molar-refractivity contribution >= 4 is 28.4 Å². The van der Waals surface area contributed by atoms with Crippen molar-refractivity contribution in [3.05, 3.63) is 42.0 Å². The van der Waals surface area contributed by atoms with Gasteiger partial charge in [-0.1, -0.05) is 12.2 Å². The molecule has 2 aromatic rings. The Kier molecular flexibility index (Phi) is 4.01. The van der Waals surface area contributed by atoms with Crippen molar-refractivity contribution in [2.45, 2.75) is 25.6 Å². The van der Waals surface area contributed by atoms with E-state index in [1.807, 2.05) is 13.0 Å². The van der Waals surface area contributed by atoms with Crippen LogP contribution in [-0.2, 0) is 0 Å². The molecule has 23 heavy (non-hydrogen) atoms. The van der Waals surface area contributed by atoms with Gasteiger partial charge in [-0.15, -0.1) is 0 Å². The molecule has 2 atom stereocenters. The van der Waals surface area contributed by atoms with Gasteiger partial charge in [-0.25, -0.2) is 9.18 Å². The molecule has 1 aromatic heterocycles. The van der Waals surface area contributed by atoms with Crippen molar-refractivity contribution in [1.82, 2.24) is 15.5 Å². The highest BCUT2D eigenvalue weighted by Crippen LogP contribution is 2.22. The number of allylic oxidation sites excluding steroid dienone is 2. The van der Waals surface area contributed by atoms with Gasteiger partial charge in [-0.2, -0.15) is 5.10 Å². The second-order valence-corrected chi connectivity index (χ2v) is 5.51. The Hall–Kier alpha value is -2.83. The molecule has 0 aliphatic heterocycles. The van der Waals surface area contributed by atoms with E-state index in [0.29, 0.717) is 17.9 Å². The molecule has 120 valence electrons. The number of nitrogens with one attached hydrogen (secondary N) is 3. The molecule has 2 unspecified atom stereocenters. The molecule has 2 amide bonds. The van der Waals surface area contributed by atoms with Crippen LogP contribution in [0.3, 0.4) is 0 Å². The number of carbonyl (C=O) groups is 1. The number of nitrogen functional groups attached to an aromatic ring is 1. The van der Waals surface area contributed by atoms with Crippen LogP contribution in [0, 0.1) is 0 Å². The second kappa shape index (κ2) is 6.12. The first-order valence-corrected chi connectivity index (χ1v) is 7.36. The predicted octanol–water partition coefficient (Wildman–Crippen LogP) is 2.88. The van der Waals surface area contributed by atoms with Gasteiger partial charge < -0.3 is 16.4 Å². The van der Waals surface area contributed by atoms with Crippen LogP contribution in [0.15, 0.2) is 42.0 Å². The van der Waals surface area contributed by atoms with Gasteiger partial charge in [0.15, 0.2) is 5.82 Å². The standard InChI is InChI=1S/C16H18FN5O/c1-9(10-3-2-4-11(17)7-10)19-16(23)20-12-5-6-14-13(8-12)15(18)22-21-14/h2-3,5-9,11H,4H2,1H3,(H3,18,21,22)(H2,19,20,23). The lowest BCUT2D eigenvalue weighted by Gasteiger charge is -2.19. The molecule has 0 spiro atoms. The van der Waals surface area contributed by atoms with Crippen molar-refractivity contribution < 1.29 is 9.18 Å². The summed E-state index contributed by atoms with van der Waals surface area (Å²) in [6.07, 6.45) is 4.52. The van der Waals surface area contributed by atoms with Crippen LogP contribution in [0.4, 0.5) is 20.7 Å². The number of amides is 2. The Balaban J connectivity index is 1.66. The van der Waals surface area contributed by atoms with Gasteiger partial charge in [-0.3, -0.25) is 5.10 Å². The van der Waals surface area contributed by atoms with E-state index in [9.17, 15) is 9.18 Å². The number of fused-ring (bicyclic) bond motifs is 1. The number of nitrogens with two attached hydrogens (primary N) is 1. The third kappa shape index (κ3) is 3.33. The average molecular weight is 315 g/mol. The SMILES string of the molecule is CC(NC(=O)Nc1ccc2[nH]nc(N)c2c1)C1=CC(F)CC=C1. The van der Waals surface area contributed by atoms with E-state index < -0.39 is 6.17 Å². The summed E-state index contributed by atoms with van der Waals surface area (Å²) in [6.45, 7) is 1.81. The Labute approximate surface area is 132 Å². The summed E-state index contributed by atoms with van der Waals surface area (Å²) in [5.74, 6) is 0.379. The quantitative estimate of drug-likeness (QED) is 0.701. The van der Waals surface area contributed by atoms with Crippen molar-refractivity contribution in [1.29, 1.82) is 0 Å². The van der Waals surface area contributed by atoms with Crippen LogP contribution in [0.2, 0.25) is 0 Å². The number of halogens is 1. The number of alkyl halides is 1. The Morgan fingerprint density at radius 2 is 2.35 bits per heavy atom. The number of nitrogens with zero attached hydrogens (tertiary/aromatic N) is 1. The molecule has 0 bridgehead atoms. The number of carbonyl (C=O) groups excluding carboxylic acids is 1. The number of urea groups is 1. The fraction of sp³-hybridized carbons (Fsp3) is 0.250. The molecular formula is C16H18FN5O. The topological polar surface area (TPSA) is 95.8 Å². The van der Waals surface area contributed by atoms with Gasteiger partial charge in [0, 0.05) is 17.5 Å². The van der Waals surface area contributed by atoms with Gasteiger partial charge in [0.1, 0.15) is 6.17 Å².